The van der Waals surface area contributed by atoms with Gasteiger partial charge in [-0.15, -0.1) is 0 Å². The highest BCUT2D eigenvalue weighted by Crippen LogP contribution is 2.67. The lowest BCUT2D eigenvalue weighted by Gasteiger charge is -2.52. The van der Waals surface area contributed by atoms with Crippen LogP contribution in [0.3, 0.4) is 0 Å². The van der Waals surface area contributed by atoms with Crippen LogP contribution in [0.5, 0.6) is 34.5 Å². The largest absolute Gasteiger partial charge is 0.497 e. The van der Waals surface area contributed by atoms with Gasteiger partial charge in [0.15, 0.2) is 5.60 Å². The molecule has 2 saturated carbocycles. The van der Waals surface area contributed by atoms with Crippen LogP contribution >= 0.6 is 0 Å². The molecule has 0 amide bonds. The van der Waals surface area contributed by atoms with E-state index in [0.717, 1.165) is 105 Å². The first-order valence-corrected chi connectivity index (χ1v) is 21.8. The summed E-state index contributed by atoms with van der Waals surface area (Å²) in [4.78, 5) is 0. The molecule has 4 aliphatic rings. The lowest BCUT2D eigenvalue weighted by atomic mass is 9.52. The molecule has 61 heavy (non-hydrogen) atoms. The summed E-state index contributed by atoms with van der Waals surface area (Å²) in [6.07, 6.45) is 11.3. The van der Waals surface area contributed by atoms with Gasteiger partial charge in [-0.1, -0.05) is 82.3 Å². The molecule has 0 radical (unpaired) electrons. The maximum Gasteiger partial charge on any atom is 0.178 e. The molecule has 0 N–H and O–H groups in total. The monoisotopic (exact) mass is 812 g/mol. The molecule has 6 nitrogen and oxygen atoms in total. The average Bonchev–Trinajstić information content (AvgIpc) is 3.51. The van der Waals surface area contributed by atoms with Gasteiger partial charge in [-0.2, -0.15) is 0 Å². The molecule has 312 valence electrons. The van der Waals surface area contributed by atoms with E-state index in [0.29, 0.717) is 0 Å². The van der Waals surface area contributed by atoms with Crippen molar-refractivity contribution >= 4 is 16.8 Å². The van der Waals surface area contributed by atoms with Crippen molar-refractivity contribution in [3.8, 4) is 56.8 Å². The van der Waals surface area contributed by atoms with E-state index in [-0.39, 0.29) is 22.3 Å². The van der Waals surface area contributed by atoms with Crippen molar-refractivity contribution in [3.05, 3.63) is 137 Å². The first-order chi connectivity index (χ1) is 29.4. The minimum atomic E-state index is -0.977. The summed E-state index contributed by atoms with van der Waals surface area (Å²) in [6.45, 7) is 9.86. The molecular weight excluding hydrogens is 757 g/mol. The zero-order valence-corrected chi connectivity index (χ0v) is 36.7. The molecule has 6 aromatic rings. The lowest BCUT2D eigenvalue weighted by Crippen LogP contribution is -2.44. The van der Waals surface area contributed by atoms with Gasteiger partial charge < -0.3 is 28.4 Å². The second-order valence-corrected chi connectivity index (χ2v) is 19.2. The molecule has 0 unspecified atom stereocenters. The molecule has 0 saturated heterocycles. The Labute approximate surface area is 360 Å². The van der Waals surface area contributed by atoms with Crippen LogP contribution in [0.25, 0.3) is 39.1 Å². The Bertz CT molecular complexity index is 2640. The van der Waals surface area contributed by atoms with E-state index >= 15 is 0 Å². The van der Waals surface area contributed by atoms with Crippen LogP contribution < -0.4 is 28.4 Å². The van der Waals surface area contributed by atoms with Crippen molar-refractivity contribution in [2.75, 3.05) is 28.4 Å². The van der Waals surface area contributed by atoms with E-state index in [9.17, 15) is 0 Å². The zero-order valence-electron chi connectivity index (χ0n) is 36.7. The number of hydrogen-bond acceptors (Lipinski definition) is 6. The number of benzene rings is 6. The van der Waals surface area contributed by atoms with Gasteiger partial charge in [0.25, 0.3) is 0 Å². The highest BCUT2D eigenvalue weighted by Gasteiger charge is 2.55. The molecule has 1 heterocycles. The van der Waals surface area contributed by atoms with Gasteiger partial charge in [0.1, 0.15) is 34.5 Å². The predicted octanol–water partition coefficient (Wildman–Crippen LogP) is 13.3. The fourth-order valence-corrected chi connectivity index (χ4v) is 11.8. The van der Waals surface area contributed by atoms with Crippen LogP contribution in [0.4, 0.5) is 0 Å². The SMILES string of the molecule is COc1ccc(C2(c3ccc(OC)cc3)C=Cc3c4c(c5cc(OC6CCC6)c(-c6ccc(OC)cc6OC)cc5c3O2)-c2ccccc2C42CC(C)(C)CC(C)(C)C2)cc1. The molecule has 1 spiro atoms. The van der Waals surface area contributed by atoms with Gasteiger partial charge >= 0.3 is 0 Å². The average molecular weight is 813 g/mol. The predicted molar refractivity (Wildman–Crippen MR) is 245 cm³/mol. The highest BCUT2D eigenvalue weighted by molar-refractivity contribution is 6.11. The maximum absolute atomic E-state index is 7.89. The van der Waals surface area contributed by atoms with Crippen LogP contribution in [0, 0.1) is 10.8 Å². The Morgan fingerprint density at radius 2 is 1.20 bits per heavy atom. The smallest absolute Gasteiger partial charge is 0.178 e. The summed E-state index contributed by atoms with van der Waals surface area (Å²) in [5.41, 5.74) is 9.39. The molecule has 0 atom stereocenters. The van der Waals surface area contributed by atoms with Crippen LogP contribution in [0.15, 0.2) is 109 Å². The summed E-state index contributed by atoms with van der Waals surface area (Å²) in [6, 6.07) is 36.4. The molecule has 0 bridgehead atoms. The molecule has 3 aliphatic carbocycles. The second-order valence-electron chi connectivity index (χ2n) is 19.2. The van der Waals surface area contributed by atoms with Gasteiger partial charge in [-0.05, 0) is 132 Å². The Hall–Kier alpha value is -5.88. The Balaban J connectivity index is 1.33. The van der Waals surface area contributed by atoms with Gasteiger partial charge in [-0.3, -0.25) is 0 Å². The third kappa shape index (κ3) is 6.27. The third-order valence-electron chi connectivity index (χ3n) is 13.9. The molecule has 2 fully saturated rings. The highest BCUT2D eigenvalue weighted by atomic mass is 16.5. The van der Waals surface area contributed by atoms with E-state index in [1.807, 2.05) is 36.4 Å². The summed E-state index contributed by atoms with van der Waals surface area (Å²) in [7, 11) is 6.81. The second kappa shape index (κ2) is 14.4. The molecule has 6 aromatic carbocycles. The van der Waals surface area contributed by atoms with Gasteiger partial charge in [0, 0.05) is 44.7 Å². The van der Waals surface area contributed by atoms with E-state index in [1.165, 1.54) is 28.7 Å². The van der Waals surface area contributed by atoms with Crippen molar-refractivity contribution in [3.63, 3.8) is 0 Å². The summed E-state index contributed by atoms with van der Waals surface area (Å²) in [5.74, 6) is 4.74. The van der Waals surface area contributed by atoms with Crippen molar-refractivity contribution in [1.29, 1.82) is 0 Å². The van der Waals surface area contributed by atoms with Gasteiger partial charge in [0.2, 0.25) is 0 Å². The quantitative estimate of drug-likeness (QED) is 0.145. The first-order valence-electron chi connectivity index (χ1n) is 21.8. The fourth-order valence-electron chi connectivity index (χ4n) is 11.8. The molecular formula is C55H56O6. The van der Waals surface area contributed by atoms with Crippen molar-refractivity contribution < 1.29 is 28.4 Å². The van der Waals surface area contributed by atoms with E-state index in [2.05, 4.69) is 107 Å². The first kappa shape index (κ1) is 39.3. The Morgan fingerprint density at radius 3 is 1.79 bits per heavy atom. The van der Waals surface area contributed by atoms with E-state index in [1.54, 1.807) is 28.4 Å². The summed E-state index contributed by atoms with van der Waals surface area (Å²) < 4.78 is 38.0. The normalized spacial score (nSPS) is 18.6. The van der Waals surface area contributed by atoms with Crippen molar-refractivity contribution in [2.45, 2.75) is 83.3 Å². The van der Waals surface area contributed by atoms with Crippen LogP contribution in [0.1, 0.15) is 94.0 Å². The van der Waals surface area contributed by atoms with Crippen molar-refractivity contribution in [1.82, 2.24) is 0 Å². The fraction of sp³-hybridized carbons (Fsp3) is 0.345. The standard InChI is InChI=1S/C55H56O6/c1-52(2)31-53(3,4)33-54(32-52)46-15-10-9-14-41(46)49-44-30-48(60-38-12-11-13-38)43(40-25-24-39(58-7)28-47(40)59-8)29-45(44)51-42(50(49)54)26-27-55(61-51,34-16-20-36(56-5)21-17-34)35-18-22-37(57-6)23-19-35/h9-10,14-30,38H,11-13,31-33H2,1-8H3. The van der Waals surface area contributed by atoms with E-state index in [4.69, 9.17) is 28.4 Å². The van der Waals surface area contributed by atoms with E-state index < -0.39 is 5.60 Å². The van der Waals surface area contributed by atoms with Gasteiger partial charge in [-0.25, -0.2) is 0 Å². The molecule has 1 aliphatic heterocycles. The van der Waals surface area contributed by atoms with Crippen LogP contribution in [0.2, 0.25) is 0 Å². The minimum Gasteiger partial charge on any atom is -0.497 e. The third-order valence-corrected chi connectivity index (χ3v) is 13.9. The topological polar surface area (TPSA) is 55.4 Å². The number of ether oxygens (including phenoxy) is 6. The summed E-state index contributed by atoms with van der Waals surface area (Å²) >= 11 is 0. The molecule has 10 rings (SSSR count). The molecule has 6 heteroatoms. The maximum atomic E-state index is 7.89. The minimum absolute atomic E-state index is 0.0980. The van der Waals surface area contributed by atoms with Crippen LogP contribution in [-0.4, -0.2) is 34.5 Å². The molecule has 0 aromatic heterocycles. The number of rotatable bonds is 9. The zero-order chi connectivity index (χ0) is 42.3. The van der Waals surface area contributed by atoms with Gasteiger partial charge in [0.05, 0.1) is 34.5 Å². The number of hydrogen-bond donors (Lipinski definition) is 0. The lowest BCUT2D eigenvalue weighted by molar-refractivity contribution is 0.0641. The number of fused-ring (bicyclic) bond motifs is 10. The summed E-state index contributed by atoms with van der Waals surface area (Å²) in [5, 5.41) is 2.16. The number of methoxy groups -OCH3 is 4. The Kier molecular flexibility index (Phi) is 9.24. The Morgan fingerprint density at radius 1 is 0.574 bits per heavy atom. The van der Waals surface area contributed by atoms with Crippen LogP contribution in [-0.2, 0) is 11.0 Å². The van der Waals surface area contributed by atoms with Crippen molar-refractivity contribution in [2.24, 2.45) is 10.8 Å².